The van der Waals surface area contributed by atoms with Gasteiger partial charge in [-0.2, -0.15) is 0 Å². The van der Waals surface area contributed by atoms with E-state index < -0.39 is 27.7 Å². The van der Waals surface area contributed by atoms with Crippen LogP contribution in [0.15, 0.2) is 65.6 Å². The number of hydrogen-bond acceptors (Lipinski definition) is 4. The number of benzene rings is 3. The van der Waals surface area contributed by atoms with E-state index in [9.17, 15) is 22.0 Å². The predicted octanol–water partition coefficient (Wildman–Crippen LogP) is 4.25. The molecule has 2 aliphatic rings. The topological polar surface area (TPSA) is 111 Å². The van der Waals surface area contributed by atoms with Crippen molar-refractivity contribution in [3.05, 3.63) is 83.4 Å². The van der Waals surface area contributed by atoms with E-state index in [2.05, 4.69) is 10.6 Å². The molecular formula is C24H21F2N3O4S. The van der Waals surface area contributed by atoms with E-state index in [1.807, 2.05) is 0 Å². The van der Waals surface area contributed by atoms with Crippen LogP contribution in [0.1, 0.15) is 23.5 Å². The van der Waals surface area contributed by atoms with Crippen molar-refractivity contribution in [1.82, 2.24) is 5.32 Å². The Labute approximate surface area is 195 Å². The molecule has 0 aliphatic heterocycles. The lowest BCUT2D eigenvalue weighted by Crippen LogP contribution is -2.32. The predicted molar refractivity (Wildman–Crippen MR) is 121 cm³/mol. The Hall–Kier alpha value is -3.50. The highest BCUT2D eigenvalue weighted by Gasteiger charge is 2.55. The van der Waals surface area contributed by atoms with Crippen LogP contribution in [-0.4, -0.2) is 20.5 Å². The molecule has 1 fully saturated rings. The maximum Gasteiger partial charge on any atom is 0.319 e. The number of urea groups is 1. The Balaban J connectivity index is 1.18. The van der Waals surface area contributed by atoms with Crippen molar-refractivity contribution in [3.8, 4) is 11.5 Å². The largest absolute Gasteiger partial charge is 0.457 e. The zero-order valence-electron chi connectivity index (χ0n) is 17.8. The molecule has 2 aliphatic carbocycles. The molecule has 7 nitrogen and oxygen atoms in total. The van der Waals surface area contributed by atoms with Gasteiger partial charge in [-0.3, -0.25) is 0 Å². The number of ether oxygens (including phenoxy) is 1. The van der Waals surface area contributed by atoms with Crippen molar-refractivity contribution in [2.24, 2.45) is 11.1 Å². The fourth-order valence-electron chi connectivity index (χ4n) is 4.62. The second-order valence-electron chi connectivity index (χ2n) is 8.42. The Morgan fingerprint density at radius 1 is 0.941 bits per heavy atom. The standard InChI is InChI=1S/C24H21F2N3O4S/c25-19-11-12-20(26)21-17(19)9-10-18-22(21)23(18)29-24(30)28-13-1-3-14(4-2-13)33-15-5-7-16(8-6-15)34(27,31)32/h1-8,11-12,18,22-23H,9-10H2,(H2,27,31,32)(H2,28,29,30). The van der Waals surface area contributed by atoms with Gasteiger partial charge in [-0.15, -0.1) is 0 Å². The first-order chi connectivity index (χ1) is 16.2. The van der Waals surface area contributed by atoms with Crippen molar-refractivity contribution < 1.29 is 26.7 Å². The molecule has 1 saturated carbocycles. The minimum absolute atomic E-state index is 0.0164. The third kappa shape index (κ3) is 4.34. The molecule has 3 unspecified atom stereocenters. The molecular weight excluding hydrogens is 464 g/mol. The van der Waals surface area contributed by atoms with E-state index in [-0.39, 0.29) is 22.8 Å². The molecule has 3 aromatic carbocycles. The quantitative estimate of drug-likeness (QED) is 0.502. The Bertz CT molecular complexity index is 1360. The highest BCUT2D eigenvalue weighted by Crippen LogP contribution is 2.55. The van der Waals surface area contributed by atoms with Crippen LogP contribution in [-0.2, 0) is 16.4 Å². The zero-order chi connectivity index (χ0) is 24.0. The molecule has 4 N–H and O–H groups in total. The van der Waals surface area contributed by atoms with Gasteiger partial charge in [-0.25, -0.2) is 27.1 Å². The van der Waals surface area contributed by atoms with Gasteiger partial charge in [0.25, 0.3) is 0 Å². The first-order valence-corrected chi connectivity index (χ1v) is 12.2. The number of primary sulfonamides is 1. The minimum atomic E-state index is -3.78. The SMILES string of the molecule is NS(=O)(=O)c1ccc(Oc2ccc(NC(=O)NC3C4CCc5c(F)ccc(F)c5C43)cc2)cc1. The number of amides is 2. The van der Waals surface area contributed by atoms with E-state index in [0.29, 0.717) is 41.2 Å². The number of rotatable bonds is 5. The summed E-state index contributed by atoms with van der Waals surface area (Å²) in [5.74, 6) is -0.0197. The minimum Gasteiger partial charge on any atom is -0.457 e. The van der Waals surface area contributed by atoms with Crippen LogP contribution in [0.25, 0.3) is 0 Å². The number of halogens is 2. The maximum absolute atomic E-state index is 14.3. The van der Waals surface area contributed by atoms with Gasteiger partial charge in [0.15, 0.2) is 0 Å². The lowest BCUT2D eigenvalue weighted by molar-refractivity contribution is 0.251. The monoisotopic (exact) mass is 485 g/mol. The highest BCUT2D eigenvalue weighted by molar-refractivity contribution is 7.89. The molecule has 0 bridgehead atoms. The average Bonchev–Trinajstić information content (AvgIpc) is 3.49. The summed E-state index contributed by atoms with van der Waals surface area (Å²) < 4.78 is 56.7. The zero-order valence-corrected chi connectivity index (χ0v) is 18.6. The molecule has 0 saturated heterocycles. The van der Waals surface area contributed by atoms with Gasteiger partial charge in [-0.1, -0.05) is 0 Å². The second-order valence-corrected chi connectivity index (χ2v) is 9.98. The number of sulfonamides is 1. The third-order valence-electron chi connectivity index (χ3n) is 6.27. The van der Waals surface area contributed by atoms with Crippen LogP contribution in [0.4, 0.5) is 19.3 Å². The summed E-state index contributed by atoms with van der Waals surface area (Å²) >= 11 is 0. The molecule has 3 atom stereocenters. The van der Waals surface area contributed by atoms with Gasteiger partial charge < -0.3 is 15.4 Å². The Morgan fingerprint density at radius 2 is 1.56 bits per heavy atom. The molecule has 3 aromatic rings. The van der Waals surface area contributed by atoms with Crippen LogP contribution in [0, 0.1) is 17.6 Å². The van der Waals surface area contributed by atoms with Gasteiger partial charge in [-0.05, 0) is 90.6 Å². The molecule has 34 heavy (non-hydrogen) atoms. The molecule has 0 aromatic heterocycles. The van der Waals surface area contributed by atoms with E-state index >= 15 is 0 Å². The number of nitrogens with two attached hydrogens (primary N) is 1. The molecule has 0 radical (unpaired) electrons. The molecule has 5 rings (SSSR count). The number of nitrogens with one attached hydrogen (secondary N) is 2. The molecule has 0 heterocycles. The first kappa shape index (κ1) is 22.3. The van der Waals surface area contributed by atoms with Crippen molar-refractivity contribution in [1.29, 1.82) is 0 Å². The fourth-order valence-corrected chi connectivity index (χ4v) is 5.13. The molecule has 176 valence electrons. The number of anilines is 1. The van der Waals surface area contributed by atoms with Gasteiger partial charge in [0.1, 0.15) is 23.1 Å². The number of carbonyl (C=O) groups excluding carboxylic acids is 1. The highest BCUT2D eigenvalue weighted by atomic mass is 32.2. The molecule has 2 amide bonds. The van der Waals surface area contributed by atoms with E-state index in [4.69, 9.17) is 9.88 Å². The Morgan fingerprint density at radius 3 is 2.21 bits per heavy atom. The van der Waals surface area contributed by atoms with Crippen molar-refractivity contribution in [2.75, 3.05) is 5.32 Å². The number of hydrogen-bond donors (Lipinski definition) is 3. The average molecular weight is 486 g/mol. The van der Waals surface area contributed by atoms with Crippen molar-refractivity contribution in [3.63, 3.8) is 0 Å². The number of fused-ring (bicyclic) bond motifs is 3. The maximum atomic E-state index is 14.3. The fraction of sp³-hybridized carbons (Fsp3) is 0.208. The van der Waals surface area contributed by atoms with Crippen LogP contribution >= 0.6 is 0 Å². The van der Waals surface area contributed by atoms with Gasteiger partial charge >= 0.3 is 6.03 Å². The summed E-state index contributed by atoms with van der Waals surface area (Å²) in [4.78, 5) is 12.5. The van der Waals surface area contributed by atoms with Gasteiger partial charge in [0.2, 0.25) is 10.0 Å². The second kappa shape index (κ2) is 8.37. The summed E-state index contributed by atoms with van der Waals surface area (Å²) in [6.45, 7) is 0. The molecule has 0 spiro atoms. The lowest BCUT2D eigenvalue weighted by Gasteiger charge is -2.15. The van der Waals surface area contributed by atoms with E-state index in [1.165, 1.54) is 24.3 Å². The van der Waals surface area contributed by atoms with Crippen LogP contribution < -0.4 is 20.5 Å². The van der Waals surface area contributed by atoms with E-state index in [1.54, 1.807) is 24.3 Å². The van der Waals surface area contributed by atoms with Crippen molar-refractivity contribution >= 4 is 21.7 Å². The smallest absolute Gasteiger partial charge is 0.319 e. The van der Waals surface area contributed by atoms with Crippen LogP contribution in [0.3, 0.4) is 0 Å². The van der Waals surface area contributed by atoms with Gasteiger partial charge in [0, 0.05) is 17.6 Å². The van der Waals surface area contributed by atoms with Crippen LogP contribution in [0.5, 0.6) is 11.5 Å². The van der Waals surface area contributed by atoms with E-state index in [0.717, 1.165) is 12.1 Å². The lowest BCUT2D eigenvalue weighted by atomic mass is 9.91. The number of carbonyl (C=O) groups is 1. The normalized spacial score (nSPS) is 20.6. The summed E-state index contributed by atoms with van der Waals surface area (Å²) in [6, 6.07) is 13.9. The summed E-state index contributed by atoms with van der Waals surface area (Å²) in [5.41, 5.74) is 1.33. The van der Waals surface area contributed by atoms with Crippen LogP contribution in [0.2, 0.25) is 0 Å². The Kier molecular flexibility index (Phi) is 5.49. The van der Waals surface area contributed by atoms with Crippen molar-refractivity contribution in [2.45, 2.75) is 29.7 Å². The summed E-state index contributed by atoms with van der Waals surface area (Å²) in [6.07, 6.45) is 1.17. The molecule has 10 heteroatoms. The summed E-state index contributed by atoms with van der Waals surface area (Å²) in [5, 5.41) is 10.7. The summed E-state index contributed by atoms with van der Waals surface area (Å²) in [7, 11) is -3.78. The third-order valence-corrected chi connectivity index (χ3v) is 7.20. The first-order valence-electron chi connectivity index (χ1n) is 10.7. The van der Waals surface area contributed by atoms with Gasteiger partial charge in [0.05, 0.1) is 4.90 Å².